The maximum absolute atomic E-state index is 5.37. The van der Waals surface area contributed by atoms with Crippen LogP contribution in [0, 0.1) is 5.92 Å². The van der Waals surface area contributed by atoms with Gasteiger partial charge in [0.1, 0.15) is 18.2 Å². The second-order valence-electron chi connectivity index (χ2n) is 4.83. The molecule has 0 amide bonds. The largest absolute Gasteiger partial charge is 0.374 e. The molecule has 0 spiro atoms. The fraction of sp³-hybridized carbons (Fsp3) is 0.714. The summed E-state index contributed by atoms with van der Waals surface area (Å²) < 4.78 is 5.37. The van der Waals surface area contributed by atoms with E-state index in [0.29, 0.717) is 25.0 Å². The van der Waals surface area contributed by atoms with Gasteiger partial charge in [-0.1, -0.05) is 13.8 Å². The second-order valence-corrected chi connectivity index (χ2v) is 4.83. The van der Waals surface area contributed by atoms with Crippen molar-refractivity contribution >= 4 is 11.6 Å². The first-order valence-electron chi connectivity index (χ1n) is 7.09. The van der Waals surface area contributed by atoms with E-state index in [2.05, 4.69) is 41.4 Å². The van der Waals surface area contributed by atoms with E-state index in [4.69, 9.17) is 4.74 Å². The Hall–Kier alpha value is -1.36. The highest BCUT2D eigenvalue weighted by molar-refractivity contribution is 5.47. The fourth-order valence-electron chi connectivity index (χ4n) is 1.61. The number of nitrogens with zero attached hydrogens (tertiary/aromatic N) is 2. The molecule has 5 heteroatoms. The smallest absolute Gasteiger partial charge is 0.158 e. The highest BCUT2D eigenvalue weighted by Crippen LogP contribution is 2.12. The van der Waals surface area contributed by atoms with Gasteiger partial charge in [0, 0.05) is 25.8 Å². The molecule has 0 bridgehead atoms. The minimum Gasteiger partial charge on any atom is -0.374 e. The van der Waals surface area contributed by atoms with Gasteiger partial charge in [-0.05, 0) is 26.2 Å². The Morgan fingerprint density at radius 2 is 1.84 bits per heavy atom. The summed E-state index contributed by atoms with van der Waals surface area (Å²) in [6, 6.07) is 1.94. The molecule has 0 radical (unpaired) electrons. The van der Waals surface area contributed by atoms with Crippen molar-refractivity contribution in [3.63, 3.8) is 0 Å². The van der Waals surface area contributed by atoms with Gasteiger partial charge in [-0.25, -0.2) is 9.97 Å². The molecule has 1 aromatic heterocycles. The Balaban J connectivity index is 2.68. The van der Waals surface area contributed by atoms with E-state index in [-0.39, 0.29) is 0 Å². The maximum Gasteiger partial charge on any atom is 0.158 e. The van der Waals surface area contributed by atoms with Gasteiger partial charge in [0.2, 0.25) is 0 Å². The Morgan fingerprint density at radius 1 is 1.16 bits per heavy atom. The summed E-state index contributed by atoms with van der Waals surface area (Å²) >= 11 is 0. The lowest BCUT2D eigenvalue weighted by Crippen LogP contribution is -2.11. The van der Waals surface area contributed by atoms with Crippen molar-refractivity contribution in [2.45, 2.75) is 40.7 Å². The highest BCUT2D eigenvalue weighted by atomic mass is 16.5. The van der Waals surface area contributed by atoms with E-state index in [9.17, 15) is 0 Å². The SMILES string of the molecule is CCNc1cc(NCCC(C)C)nc(COCC)n1. The first-order valence-corrected chi connectivity index (χ1v) is 7.09. The van der Waals surface area contributed by atoms with Gasteiger partial charge in [-0.15, -0.1) is 0 Å². The van der Waals surface area contributed by atoms with Crippen LogP contribution >= 0.6 is 0 Å². The molecule has 0 saturated heterocycles. The lowest BCUT2D eigenvalue weighted by Gasteiger charge is -2.11. The molecule has 0 aliphatic heterocycles. The second kappa shape index (κ2) is 8.69. The molecule has 0 aromatic carbocycles. The molecule has 0 aliphatic rings. The standard InChI is InChI=1S/C14H26N4O/c1-5-15-12-9-13(16-8-7-11(3)4)18-14(17-12)10-19-6-2/h9,11H,5-8,10H2,1-4H3,(H2,15,16,17,18). The maximum atomic E-state index is 5.37. The predicted molar refractivity (Wildman–Crippen MR) is 79.5 cm³/mol. The predicted octanol–water partition coefficient (Wildman–Crippen LogP) is 2.90. The van der Waals surface area contributed by atoms with E-state index in [1.54, 1.807) is 0 Å². The third-order valence-corrected chi connectivity index (χ3v) is 2.59. The van der Waals surface area contributed by atoms with Crippen LogP contribution in [0.5, 0.6) is 0 Å². The van der Waals surface area contributed by atoms with Crippen LogP contribution < -0.4 is 10.6 Å². The topological polar surface area (TPSA) is 59.1 Å². The molecule has 0 fully saturated rings. The van der Waals surface area contributed by atoms with E-state index >= 15 is 0 Å². The van der Waals surface area contributed by atoms with Crippen molar-refractivity contribution in [2.24, 2.45) is 5.92 Å². The molecule has 1 heterocycles. The minimum absolute atomic E-state index is 0.453. The summed E-state index contributed by atoms with van der Waals surface area (Å²) in [6.07, 6.45) is 1.13. The Morgan fingerprint density at radius 3 is 2.42 bits per heavy atom. The summed E-state index contributed by atoms with van der Waals surface area (Å²) in [4.78, 5) is 8.88. The van der Waals surface area contributed by atoms with Crippen LogP contribution in [-0.4, -0.2) is 29.7 Å². The number of hydrogen-bond donors (Lipinski definition) is 2. The van der Waals surface area contributed by atoms with Crippen molar-refractivity contribution in [3.05, 3.63) is 11.9 Å². The molecule has 0 atom stereocenters. The van der Waals surface area contributed by atoms with Crippen LogP contribution in [0.1, 0.15) is 39.9 Å². The number of anilines is 2. The molecule has 5 nitrogen and oxygen atoms in total. The quantitative estimate of drug-likeness (QED) is 0.719. The van der Waals surface area contributed by atoms with Crippen LogP contribution in [0.15, 0.2) is 6.07 Å². The average Bonchev–Trinajstić information content (AvgIpc) is 2.36. The van der Waals surface area contributed by atoms with Gasteiger partial charge in [-0.2, -0.15) is 0 Å². The number of nitrogens with one attached hydrogen (secondary N) is 2. The van der Waals surface area contributed by atoms with Gasteiger partial charge >= 0.3 is 0 Å². The number of aromatic nitrogens is 2. The normalized spacial score (nSPS) is 10.8. The van der Waals surface area contributed by atoms with E-state index in [0.717, 1.165) is 31.1 Å². The zero-order valence-corrected chi connectivity index (χ0v) is 12.5. The molecular formula is C14H26N4O. The first-order chi connectivity index (χ1) is 9.15. The molecule has 0 unspecified atom stereocenters. The van der Waals surface area contributed by atoms with Crippen molar-refractivity contribution in [1.29, 1.82) is 0 Å². The molecule has 2 N–H and O–H groups in total. The minimum atomic E-state index is 0.453. The van der Waals surface area contributed by atoms with Gasteiger partial charge < -0.3 is 15.4 Å². The van der Waals surface area contributed by atoms with E-state index in [1.165, 1.54) is 0 Å². The highest BCUT2D eigenvalue weighted by Gasteiger charge is 2.04. The van der Waals surface area contributed by atoms with Crippen LogP contribution in [-0.2, 0) is 11.3 Å². The zero-order chi connectivity index (χ0) is 14.1. The molecular weight excluding hydrogens is 240 g/mol. The van der Waals surface area contributed by atoms with Crippen LogP contribution in [0.2, 0.25) is 0 Å². The average molecular weight is 266 g/mol. The number of rotatable bonds is 9. The zero-order valence-electron chi connectivity index (χ0n) is 12.5. The lowest BCUT2D eigenvalue weighted by atomic mass is 10.1. The summed E-state index contributed by atoms with van der Waals surface area (Å²) in [5.41, 5.74) is 0. The van der Waals surface area contributed by atoms with Crippen molar-refractivity contribution in [2.75, 3.05) is 30.3 Å². The molecule has 108 valence electrons. The van der Waals surface area contributed by atoms with E-state index in [1.807, 2.05) is 13.0 Å². The van der Waals surface area contributed by atoms with Crippen molar-refractivity contribution < 1.29 is 4.74 Å². The first kappa shape index (κ1) is 15.7. The lowest BCUT2D eigenvalue weighted by molar-refractivity contribution is 0.128. The number of hydrogen-bond acceptors (Lipinski definition) is 5. The summed E-state index contributed by atoms with van der Waals surface area (Å²) in [6.45, 7) is 11.3. The summed E-state index contributed by atoms with van der Waals surface area (Å²) in [5, 5.41) is 6.56. The molecule has 0 saturated carbocycles. The molecule has 1 rings (SSSR count). The Bertz CT molecular complexity index is 368. The van der Waals surface area contributed by atoms with Crippen LogP contribution in [0.25, 0.3) is 0 Å². The molecule has 19 heavy (non-hydrogen) atoms. The summed E-state index contributed by atoms with van der Waals surface area (Å²) in [7, 11) is 0. The van der Waals surface area contributed by atoms with Crippen molar-refractivity contribution in [1.82, 2.24) is 9.97 Å². The Labute approximate surface area is 116 Å². The number of ether oxygens (including phenoxy) is 1. The third-order valence-electron chi connectivity index (χ3n) is 2.59. The monoisotopic (exact) mass is 266 g/mol. The summed E-state index contributed by atoms with van der Waals surface area (Å²) in [5.74, 6) is 3.11. The fourth-order valence-corrected chi connectivity index (χ4v) is 1.61. The van der Waals surface area contributed by atoms with Crippen LogP contribution in [0.3, 0.4) is 0 Å². The van der Waals surface area contributed by atoms with Crippen LogP contribution in [0.4, 0.5) is 11.6 Å². The van der Waals surface area contributed by atoms with Gasteiger partial charge in [-0.3, -0.25) is 0 Å². The Kier molecular flexibility index (Phi) is 7.18. The van der Waals surface area contributed by atoms with Gasteiger partial charge in [0.15, 0.2) is 5.82 Å². The van der Waals surface area contributed by atoms with Gasteiger partial charge in [0.25, 0.3) is 0 Å². The van der Waals surface area contributed by atoms with Crippen molar-refractivity contribution in [3.8, 4) is 0 Å². The molecule has 0 aliphatic carbocycles. The molecule has 1 aromatic rings. The van der Waals surface area contributed by atoms with Gasteiger partial charge in [0.05, 0.1) is 0 Å². The van der Waals surface area contributed by atoms with E-state index < -0.39 is 0 Å². The third kappa shape index (κ3) is 6.38.